The van der Waals surface area contributed by atoms with E-state index in [1.165, 1.54) is 6.92 Å². The standard InChI is InChI=1S/C8H15BO2S/c1-6(2)12(10,11)5-7(3)8(4)9/h7-8H,1,5H2,2-4H3. The second-order valence-corrected chi connectivity index (χ2v) is 5.58. The summed E-state index contributed by atoms with van der Waals surface area (Å²) in [6, 6.07) is 0. The third kappa shape index (κ3) is 3.43. The first-order chi connectivity index (χ1) is 5.27. The summed E-state index contributed by atoms with van der Waals surface area (Å²) in [5, 5.41) is 0. The molecule has 0 bridgehead atoms. The van der Waals surface area contributed by atoms with E-state index in [9.17, 15) is 8.42 Å². The predicted molar refractivity (Wildman–Crippen MR) is 52.9 cm³/mol. The monoisotopic (exact) mass is 186 g/mol. The topological polar surface area (TPSA) is 34.1 Å². The Bertz CT molecular complexity index is 254. The number of allylic oxidation sites excluding steroid dienone is 1. The van der Waals surface area contributed by atoms with E-state index in [1.807, 2.05) is 6.92 Å². The van der Waals surface area contributed by atoms with E-state index in [-0.39, 0.29) is 22.4 Å². The normalized spacial score (nSPS) is 16.9. The van der Waals surface area contributed by atoms with E-state index >= 15 is 0 Å². The SMILES string of the molecule is [B]C(C)C(C)CS(=O)(=O)C(=C)C. The Labute approximate surface area is 76.4 Å². The highest BCUT2D eigenvalue weighted by atomic mass is 32.2. The molecule has 0 amide bonds. The minimum Gasteiger partial charge on any atom is -0.224 e. The molecule has 2 unspecified atom stereocenters. The van der Waals surface area contributed by atoms with E-state index < -0.39 is 9.84 Å². The van der Waals surface area contributed by atoms with Gasteiger partial charge in [0, 0.05) is 4.91 Å². The molecule has 4 heteroatoms. The van der Waals surface area contributed by atoms with Gasteiger partial charge in [0.15, 0.2) is 9.84 Å². The molecule has 12 heavy (non-hydrogen) atoms. The maximum Gasteiger partial charge on any atom is 0.173 e. The fourth-order valence-corrected chi connectivity index (χ4v) is 1.92. The van der Waals surface area contributed by atoms with Crippen LogP contribution in [0.15, 0.2) is 11.5 Å². The average molecular weight is 186 g/mol. The van der Waals surface area contributed by atoms with Crippen molar-refractivity contribution < 1.29 is 8.42 Å². The van der Waals surface area contributed by atoms with E-state index in [2.05, 4.69) is 6.58 Å². The lowest BCUT2D eigenvalue weighted by molar-refractivity contribution is 0.569. The fraction of sp³-hybridized carbons (Fsp3) is 0.750. The summed E-state index contributed by atoms with van der Waals surface area (Å²) in [5.41, 5.74) is 0. The molecule has 2 nitrogen and oxygen atoms in total. The summed E-state index contributed by atoms with van der Waals surface area (Å²) in [7, 11) is 2.43. The molecular formula is C8H15BO2S. The Balaban J connectivity index is 4.37. The van der Waals surface area contributed by atoms with E-state index in [1.54, 1.807) is 6.92 Å². The van der Waals surface area contributed by atoms with Crippen LogP contribution >= 0.6 is 0 Å². The van der Waals surface area contributed by atoms with Gasteiger partial charge in [0.25, 0.3) is 0 Å². The Kier molecular flexibility index (Phi) is 4.04. The van der Waals surface area contributed by atoms with E-state index in [0.29, 0.717) is 0 Å². The highest BCUT2D eigenvalue weighted by molar-refractivity contribution is 7.95. The first kappa shape index (κ1) is 11.8. The van der Waals surface area contributed by atoms with Crippen LogP contribution in [0.2, 0.25) is 5.82 Å². The van der Waals surface area contributed by atoms with Gasteiger partial charge in [-0.1, -0.05) is 26.2 Å². The second kappa shape index (κ2) is 4.12. The Morgan fingerprint density at radius 1 is 1.50 bits per heavy atom. The minimum atomic E-state index is -3.12. The highest BCUT2D eigenvalue weighted by Crippen LogP contribution is 2.17. The number of hydrogen-bond acceptors (Lipinski definition) is 2. The van der Waals surface area contributed by atoms with E-state index in [4.69, 9.17) is 7.85 Å². The van der Waals surface area contributed by atoms with Crippen molar-refractivity contribution in [3.63, 3.8) is 0 Å². The van der Waals surface area contributed by atoms with Gasteiger partial charge in [-0.25, -0.2) is 8.42 Å². The van der Waals surface area contributed by atoms with Gasteiger partial charge < -0.3 is 0 Å². The molecule has 0 aliphatic heterocycles. The zero-order valence-electron chi connectivity index (χ0n) is 7.87. The fourth-order valence-electron chi connectivity index (χ4n) is 0.640. The summed E-state index contributed by atoms with van der Waals surface area (Å²) >= 11 is 0. The number of sulfone groups is 1. The molecular weight excluding hydrogens is 171 g/mol. The summed E-state index contributed by atoms with van der Waals surface area (Å²) in [4.78, 5) is 0.218. The zero-order valence-corrected chi connectivity index (χ0v) is 8.69. The van der Waals surface area contributed by atoms with Crippen molar-refractivity contribution >= 4 is 17.7 Å². The van der Waals surface area contributed by atoms with Gasteiger partial charge in [0.05, 0.1) is 13.6 Å². The zero-order chi connectivity index (χ0) is 9.94. The molecule has 0 saturated heterocycles. The third-order valence-electron chi connectivity index (χ3n) is 1.91. The van der Waals surface area contributed by atoms with Gasteiger partial charge >= 0.3 is 0 Å². The molecule has 0 aliphatic carbocycles. The summed E-state index contributed by atoms with van der Waals surface area (Å²) in [6.45, 7) is 8.54. The molecule has 68 valence electrons. The quantitative estimate of drug-likeness (QED) is 0.624. The van der Waals surface area contributed by atoms with Gasteiger partial charge in [-0.2, -0.15) is 0 Å². The largest absolute Gasteiger partial charge is 0.224 e. The number of hydrogen-bond donors (Lipinski definition) is 0. The summed E-state index contributed by atoms with van der Waals surface area (Å²) in [6.07, 6.45) is 0. The maximum absolute atomic E-state index is 11.3. The molecule has 0 heterocycles. The Hall–Kier alpha value is -0.245. The number of rotatable bonds is 4. The molecule has 0 N–H and O–H groups in total. The molecule has 0 aromatic carbocycles. The molecule has 2 atom stereocenters. The molecule has 0 aromatic rings. The van der Waals surface area contributed by atoms with Gasteiger partial charge in [0.2, 0.25) is 0 Å². The lowest BCUT2D eigenvalue weighted by Gasteiger charge is -2.15. The van der Waals surface area contributed by atoms with Crippen LogP contribution in [-0.4, -0.2) is 22.0 Å². The minimum absolute atomic E-state index is 0.0216. The van der Waals surface area contributed by atoms with Crippen LogP contribution in [0.4, 0.5) is 0 Å². The molecule has 0 fully saturated rings. The van der Waals surface area contributed by atoms with E-state index in [0.717, 1.165) is 0 Å². The molecule has 0 rings (SSSR count). The first-order valence-electron chi connectivity index (χ1n) is 3.91. The van der Waals surface area contributed by atoms with Crippen molar-refractivity contribution in [1.82, 2.24) is 0 Å². The third-order valence-corrected chi connectivity index (χ3v) is 3.94. The van der Waals surface area contributed by atoms with Crippen molar-refractivity contribution in [2.45, 2.75) is 26.6 Å². The molecule has 0 aromatic heterocycles. The first-order valence-corrected chi connectivity index (χ1v) is 5.56. The van der Waals surface area contributed by atoms with Crippen LogP contribution in [-0.2, 0) is 9.84 Å². The highest BCUT2D eigenvalue weighted by Gasteiger charge is 2.18. The van der Waals surface area contributed by atoms with Crippen molar-refractivity contribution in [1.29, 1.82) is 0 Å². The Morgan fingerprint density at radius 3 is 2.17 bits per heavy atom. The second-order valence-electron chi connectivity index (χ2n) is 3.32. The van der Waals surface area contributed by atoms with Crippen molar-refractivity contribution in [3.05, 3.63) is 11.5 Å². The Morgan fingerprint density at radius 2 is 1.92 bits per heavy atom. The van der Waals surface area contributed by atoms with Gasteiger partial charge in [-0.05, 0) is 12.8 Å². The van der Waals surface area contributed by atoms with Crippen LogP contribution < -0.4 is 0 Å². The smallest absolute Gasteiger partial charge is 0.173 e. The molecule has 0 saturated carbocycles. The van der Waals surface area contributed by atoms with Crippen LogP contribution in [0.25, 0.3) is 0 Å². The van der Waals surface area contributed by atoms with Gasteiger partial charge in [-0.15, -0.1) is 0 Å². The average Bonchev–Trinajstić information content (AvgIpc) is 1.85. The van der Waals surface area contributed by atoms with Gasteiger partial charge in [-0.3, -0.25) is 0 Å². The van der Waals surface area contributed by atoms with Crippen LogP contribution in [0, 0.1) is 5.92 Å². The van der Waals surface area contributed by atoms with Crippen molar-refractivity contribution in [2.24, 2.45) is 5.92 Å². The molecule has 2 radical (unpaired) electrons. The maximum atomic E-state index is 11.3. The van der Waals surface area contributed by atoms with Crippen molar-refractivity contribution in [3.8, 4) is 0 Å². The lowest BCUT2D eigenvalue weighted by Crippen LogP contribution is -2.17. The lowest BCUT2D eigenvalue weighted by atomic mass is 9.80. The summed E-state index contributed by atoms with van der Waals surface area (Å²) in [5.74, 6) is -0.0224. The summed E-state index contributed by atoms with van der Waals surface area (Å²) < 4.78 is 22.6. The van der Waals surface area contributed by atoms with Crippen LogP contribution in [0.5, 0.6) is 0 Å². The van der Waals surface area contributed by atoms with Crippen molar-refractivity contribution in [2.75, 3.05) is 5.75 Å². The predicted octanol–water partition coefficient (Wildman–Crippen LogP) is 1.55. The van der Waals surface area contributed by atoms with Crippen LogP contribution in [0.3, 0.4) is 0 Å². The molecule has 0 spiro atoms. The van der Waals surface area contributed by atoms with Gasteiger partial charge in [0.1, 0.15) is 0 Å². The molecule has 0 aliphatic rings. The van der Waals surface area contributed by atoms with Crippen LogP contribution in [0.1, 0.15) is 20.8 Å².